The number of aryl methyl sites for hydroxylation is 1. The lowest BCUT2D eigenvalue weighted by Crippen LogP contribution is -2.15. The zero-order chi connectivity index (χ0) is 19.9. The van der Waals surface area contributed by atoms with E-state index in [4.69, 9.17) is 15.2 Å². The van der Waals surface area contributed by atoms with Gasteiger partial charge in [-0.25, -0.2) is 4.79 Å². The molecule has 0 amide bonds. The van der Waals surface area contributed by atoms with Gasteiger partial charge in [-0.05, 0) is 62.4 Å². The lowest BCUT2D eigenvalue weighted by molar-refractivity contribution is 0.0511. The molecule has 2 N–H and O–H groups in total. The molecule has 0 aliphatic heterocycles. The molecule has 0 spiro atoms. The topological polar surface area (TPSA) is 92.3 Å². The van der Waals surface area contributed by atoms with E-state index in [2.05, 4.69) is 10.1 Å². The van der Waals surface area contributed by atoms with Crippen LogP contribution in [0.4, 0.5) is 0 Å². The van der Waals surface area contributed by atoms with E-state index in [-0.39, 0.29) is 5.97 Å². The largest absolute Gasteiger partial charge is 0.497 e. The van der Waals surface area contributed by atoms with Crippen LogP contribution >= 0.6 is 0 Å². The number of hydrogen-bond acceptors (Lipinski definition) is 6. The molecule has 0 saturated heterocycles. The highest BCUT2D eigenvalue weighted by molar-refractivity contribution is 5.89. The van der Waals surface area contributed by atoms with Crippen LogP contribution in [-0.2, 0) is 11.3 Å². The van der Waals surface area contributed by atoms with E-state index in [1.54, 1.807) is 31.0 Å². The number of methoxy groups -OCH3 is 1. The van der Waals surface area contributed by atoms with E-state index in [0.717, 1.165) is 29.0 Å². The number of nitrogens with zero attached hydrogens (tertiary/aromatic N) is 3. The van der Waals surface area contributed by atoms with Crippen LogP contribution in [0.1, 0.15) is 23.8 Å². The van der Waals surface area contributed by atoms with Gasteiger partial charge in [0.05, 0.1) is 25.1 Å². The van der Waals surface area contributed by atoms with Gasteiger partial charge >= 0.3 is 5.97 Å². The van der Waals surface area contributed by atoms with Gasteiger partial charge in [-0.15, -0.1) is 0 Å². The average molecular weight is 380 g/mol. The molecule has 7 heteroatoms. The number of hydrogen-bond donors (Lipinski definition) is 1. The highest BCUT2D eigenvalue weighted by atomic mass is 16.5. The maximum Gasteiger partial charge on any atom is 0.356 e. The van der Waals surface area contributed by atoms with Crippen molar-refractivity contribution < 1.29 is 14.3 Å². The predicted molar refractivity (Wildman–Crippen MR) is 107 cm³/mol. The van der Waals surface area contributed by atoms with Crippen molar-refractivity contribution >= 4 is 5.97 Å². The monoisotopic (exact) mass is 380 g/mol. The fourth-order valence-electron chi connectivity index (χ4n) is 2.85. The van der Waals surface area contributed by atoms with Crippen molar-refractivity contribution in [3.63, 3.8) is 0 Å². The standard InChI is InChI=1S/C21H24N4O3/c1-3-28-21(26)20-14-19(24-25(20)12-4-10-22)16-9-11-23-18(13-16)15-5-7-17(27-2)8-6-15/h5-9,11,13-14H,3-4,10,12,22H2,1-2H3. The minimum absolute atomic E-state index is 0.313. The van der Waals surface area contributed by atoms with E-state index >= 15 is 0 Å². The highest BCUT2D eigenvalue weighted by Gasteiger charge is 2.17. The molecule has 0 aliphatic rings. The molecule has 0 aliphatic carbocycles. The number of carbonyl (C=O) groups is 1. The number of esters is 1. The summed E-state index contributed by atoms with van der Waals surface area (Å²) in [5.74, 6) is 0.403. The summed E-state index contributed by atoms with van der Waals surface area (Å²) in [4.78, 5) is 16.7. The minimum Gasteiger partial charge on any atom is -0.497 e. The third kappa shape index (κ3) is 4.37. The van der Waals surface area contributed by atoms with Crippen LogP contribution in [0, 0.1) is 0 Å². The molecule has 3 aromatic rings. The van der Waals surface area contributed by atoms with Gasteiger partial charge in [-0.3, -0.25) is 9.67 Å². The number of ether oxygens (including phenoxy) is 2. The van der Waals surface area contributed by atoms with Crippen LogP contribution in [0.3, 0.4) is 0 Å². The van der Waals surface area contributed by atoms with Crippen molar-refractivity contribution in [3.05, 3.63) is 54.4 Å². The van der Waals surface area contributed by atoms with Crippen LogP contribution in [0.25, 0.3) is 22.5 Å². The molecule has 3 rings (SSSR count). The summed E-state index contributed by atoms with van der Waals surface area (Å²) in [6.07, 6.45) is 2.46. The first-order chi connectivity index (χ1) is 13.7. The maximum absolute atomic E-state index is 12.3. The molecule has 2 heterocycles. The summed E-state index contributed by atoms with van der Waals surface area (Å²) in [5.41, 5.74) is 9.38. The Morgan fingerprint density at radius 1 is 1.11 bits per heavy atom. The predicted octanol–water partition coefficient (Wildman–Crippen LogP) is 3.15. The Kier molecular flexibility index (Phi) is 6.39. The lowest BCUT2D eigenvalue weighted by Gasteiger charge is -2.05. The van der Waals surface area contributed by atoms with Gasteiger partial charge in [0.15, 0.2) is 0 Å². The molecule has 0 bridgehead atoms. The van der Waals surface area contributed by atoms with E-state index < -0.39 is 0 Å². The first kappa shape index (κ1) is 19.6. The zero-order valence-corrected chi connectivity index (χ0v) is 16.1. The van der Waals surface area contributed by atoms with E-state index in [1.807, 2.05) is 36.4 Å². The number of aromatic nitrogens is 3. The lowest BCUT2D eigenvalue weighted by atomic mass is 10.1. The van der Waals surface area contributed by atoms with Crippen LogP contribution in [0.5, 0.6) is 5.75 Å². The first-order valence-corrected chi connectivity index (χ1v) is 9.22. The molecule has 0 saturated carbocycles. The SMILES string of the molecule is CCOC(=O)c1cc(-c2ccnc(-c3ccc(OC)cc3)c2)nn1CCCN. The fourth-order valence-corrected chi connectivity index (χ4v) is 2.85. The summed E-state index contributed by atoms with van der Waals surface area (Å²) in [5, 5.41) is 4.60. The molecule has 2 aromatic heterocycles. The quantitative estimate of drug-likeness (QED) is 0.604. The van der Waals surface area contributed by atoms with Gasteiger partial charge in [-0.2, -0.15) is 5.10 Å². The Morgan fingerprint density at radius 3 is 2.57 bits per heavy atom. The summed E-state index contributed by atoms with van der Waals surface area (Å²) in [6.45, 7) is 3.17. The van der Waals surface area contributed by atoms with E-state index in [1.165, 1.54) is 0 Å². The Balaban J connectivity index is 1.95. The van der Waals surface area contributed by atoms with Crippen molar-refractivity contribution in [1.82, 2.24) is 14.8 Å². The number of pyridine rings is 1. The van der Waals surface area contributed by atoms with Gasteiger partial charge in [0.1, 0.15) is 11.4 Å². The van der Waals surface area contributed by atoms with Gasteiger partial charge < -0.3 is 15.2 Å². The minimum atomic E-state index is -0.386. The summed E-state index contributed by atoms with van der Waals surface area (Å²) < 4.78 is 12.0. The smallest absolute Gasteiger partial charge is 0.356 e. The van der Waals surface area contributed by atoms with Crippen molar-refractivity contribution in [1.29, 1.82) is 0 Å². The molecular formula is C21H24N4O3. The molecule has 1 aromatic carbocycles. The number of carbonyl (C=O) groups excluding carboxylic acids is 1. The van der Waals surface area contributed by atoms with E-state index in [9.17, 15) is 4.79 Å². The average Bonchev–Trinajstić information content (AvgIpc) is 3.17. The third-order valence-corrected chi connectivity index (χ3v) is 4.28. The Bertz CT molecular complexity index is 935. The molecular weight excluding hydrogens is 356 g/mol. The zero-order valence-electron chi connectivity index (χ0n) is 16.1. The van der Waals surface area contributed by atoms with Gasteiger partial charge in [0, 0.05) is 23.9 Å². The Hall–Kier alpha value is -3.19. The van der Waals surface area contributed by atoms with Crippen molar-refractivity contribution in [2.45, 2.75) is 19.9 Å². The number of nitrogens with two attached hydrogens (primary N) is 1. The highest BCUT2D eigenvalue weighted by Crippen LogP contribution is 2.26. The third-order valence-electron chi connectivity index (χ3n) is 4.28. The normalized spacial score (nSPS) is 10.7. The summed E-state index contributed by atoms with van der Waals surface area (Å²) in [7, 11) is 1.63. The molecule has 0 atom stereocenters. The van der Waals surface area contributed by atoms with Crippen LogP contribution in [0.15, 0.2) is 48.7 Å². The second-order valence-corrected chi connectivity index (χ2v) is 6.16. The second-order valence-electron chi connectivity index (χ2n) is 6.16. The van der Waals surface area contributed by atoms with Crippen molar-refractivity contribution in [3.8, 4) is 28.3 Å². The first-order valence-electron chi connectivity index (χ1n) is 9.22. The van der Waals surface area contributed by atoms with Crippen LogP contribution < -0.4 is 10.5 Å². The van der Waals surface area contributed by atoms with E-state index in [0.29, 0.717) is 31.1 Å². The van der Waals surface area contributed by atoms with Crippen molar-refractivity contribution in [2.24, 2.45) is 5.73 Å². The Labute approximate surface area is 164 Å². The molecule has 7 nitrogen and oxygen atoms in total. The van der Waals surface area contributed by atoms with Gasteiger partial charge in [-0.1, -0.05) is 0 Å². The van der Waals surface area contributed by atoms with Crippen LogP contribution in [-0.4, -0.2) is 41.0 Å². The van der Waals surface area contributed by atoms with Gasteiger partial charge in [0.25, 0.3) is 0 Å². The van der Waals surface area contributed by atoms with Gasteiger partial charge in [0.2, 0.25) is 0 Å². The fraction of sp³-hybridized carbons (Fsp3) is 0.286. The number of rotatable bonds is 8. The Morgan fingerprint density at radius 2 is 1.89 bits per heavy atom. The second kappa shape index (κ2) is 9.14. The molecule has 0 unspecified atom stereocenters. The molecule has 0 fully saturated rings. The molecule has 146 valence electrons. The number of benzene rings is 1. The van der Waals surface area contributed by atoms with Crippen molar-refractivity contribution in [2.75, 3.05) is 20.3 Å². The molecule has 28 heavy (non-hydrogen) atoms. The maximum atomic E-state index is 12.3. The van der Waals surface area contributed by atoms with Crippen LogP contribution in [0.2, 0.25) is 0 Å². The summed E-state index contributed by atoms with van der Waals surface area (Å²) >= 11 is 0. The summed E-state index contributed by atoms with van der Waals surface area (Å²) in [6, 6.07) is 13.3. The molecule has 0 radical (unpaired) electrons.